The van der Waals surface area contributed by atoms with Gasteiger partial charge in [0.25, 0.3) is 11.8 Å². The van der Waals surface area contributed by atoms with Crippen LogP contribution in [0.4, 0.5) is 39.5 Å². The second kappa shape index (κ2) is 15.5. The second-order valence-electron chi connectivity index (χ2n) is 13.0. The van der Waals surface area contributed by atoms with Crippen LogP contribution in [-0.2, 0) is 21.5 Å². The van der Waals surface area contributed by atoms with E-state index in [4.69, 9.17) is 16.3 Å². The average Bonchev–Trinajstić information content (AvgIpc) is 3.87. The van der Waals surface area contributed by atoms with Gasteiger partial charge >= 0.3 is 12.2 Å². The van der Waals surface area contributed by atoms with E-state index in [9.17, 15) is 36.3 Å². The summed E-state index contributed by atoms with van der Waals surface area (Å²) in [6.07, 6.45) is -3.72. The largest absolute Gasteiger partial charge is 0.454 e. The standard InChI is InChI=1S/C35H33ClF5N7O4/c1-33(2,18-43-29(51)27(49)15-21-3-10-24(37)16-26(21)38)17-42-28(50)20-4-11-25(12-5-20)44-30-45-31(47-32(46-30)52-19-35(39,40)41)48-34(13-14-34)22-6-8-23(36)9-7-22/h3-12,16H,13-15,17-19H2,1-2H3,(H,42,50)(H,43,51)(H2,44,45,46,47,48). The lowest BCUT2D eigenvalue weighted by Gasteiger charge is -2.25. The van der Waals surface area contributed by atoms with Crippen molar-refractivity contribution < 1.29 is 41.1 Å². The molecule has 1 fully saturated rings. The molecule has 5 rings (SSSR count). The van der Waals surface area contributed by atoms with E-state index in [0.717, 1.165) is 30.5 Å². The van der Waals surface area contributed by atoms with Crippen LogP contribution in [0, 0.1) is 17.0 Å². The number of carbonyl (C=O) groups excluding carboxylic acids is 3. The molecule has 3 aromatic carbocycles. The molecule has 0 unspecified atom stereocenters. The highest BCUT2D eigenvalue weighted by atomic mass is 35.5. The zero-order valence-electron chi connectivity index (χ0n) is 27.8. The molecule has 0 bridgehead atoms. The van der Waals surface area contributed by atoms with Crippen LogP contribution >= 0.6 is 11.6 Å². The fraction of sp³-hybridized carbons (Fsp3) is 0.314. The van der Waals surface area contributed by atoms with Gasteiger partial charge in [0.15, 0.2) is 6.61 Å². The van der Waals surface area contributed by atoms with Crippen LogP contribution in [0.1, 0.15) is 48.2 Å². The molecule has 0 spiro atoms. The highest BCUT2D eigenvalue weighted by Crippen LogP contribution is 2.48. The van der Waals surface area contributed by atoms with E-state index in [0.29, 0.717) is 16.8 Å². The Morgan fingerprint density at radius 3 is 2.15 bits per heavy atom. The Labute approximate surface area is 299 Å². The predicted octanol–water partition coefficient (Wildman–Crippen LogP) is 6.27. The van der Waals surface area contributed by atoms with E-state index < -0.39 is 65.4 Å². The normalized spacial score (nSPS) is 13.5. The molecule has 1 aromatic heterocycles. The highest BCUT2D eigenvalue weighted by molar-refractivity contribution is 6.36. The molecule has 0 atom stereocenters. The SMILES string of the molecule is CC(C)(CNC(=O)C(=O)Cc1ccc(F)cc1F)CNC(=O)c1ccc(Nc2nc(NC3(c4ccc(Cl)cc4)CC3)nc(OCC(F)(F)F)n2)cc1. The van der Waals surface area contributed by atoms with Crippen molar-refractivity contribution in [3.63, 3.8) is 0 Å². The molecule has 1 aliphatic carbocycles. The summed E-state index contributed by atoms with van der Waals surface area (Å²) in [6.45, 7) is 1.99. The third-order valence-corrected chi connectivity index (χ3v) is 8.21. The minimum absolute atomic E-state index is 0.00484. The van der Waals surface area contributed by atoms with Crippen LogP contribution < -0.4 is 26.0 Å². The van der Waals surface area contributed by atoms with Crippen LogP contribution in [0.3, 0.4) is 0 Å². The number of ether oxygens (including phenoxy) is 1. The Morgan fingerprint density at radius 2 is 1.52 bits per heavy atom. The zero-order valence-corrected chi connectivity index (χ0v) is 28.6. The van der Waals surface area contributed by atoms with Crippen LogP contribution in [-0.4, -0.2) is 58.4 Å². The first-order chi connectivity index (χ1) is 24.5. The third kappa shape index (κ3) is 10.6. The van der Waals surface area contributed by atoms with Crippen molar-refractivity contribution in [2.45, 2.75) is 44.8 Å². The van der Waals surface area contributed by atoms with Gasteiger partial charge in [0.1, 0.15) is 11.6 Å². The summed E-state index contributed by atoms with van der Waals surface area (Å²) in [7, 11) is 0. The number of carbonyl (C=O) groups is 3. The summed E-state index contributed by atoms with van der Waals surface area (Å²) in [5.74, 6) is -4.14. The van der Waals surface area contributed by atoms with Gasteiger partial charge in [-0.15, -0.1) is 0 Å². The van der Waals surface area contributed by atoms with Crippen LogP contribution in [0.5, 0.6) is 6.01 Å². The molecule has 17 heteroatoms. The Hall–Kier alpha value is -5.38. The fourth-order valence-corrected chi connectivity index (χ4v) is 5.05. The minimum Gasteiger partial charge on any atom is -0.454 e. The number of nitrogens with one attached hydrogen (secondary N) is 4. The van der Waals surface area contributed by atoms with Gasteiger partial charge in [-0.25, -0.2) is 8.78 Å². The molecule has 4 aromatic rings. The maximum Gasteiger partial charge on any atom is 0.422 e. The molecule has 274 valence electrons. The first-order valence-electron chi connectivity index (χ1n) is 15.9. The average molecular weight is 746 g/mol. The minimum atomic E-state index is -4.62. The van der Waals surface area contributed by atoms with Crippen molar-refractivity contribution in [1.82, 2.24) is 25.6 Å². The molecule has 1 heterocycles. The van der Waals surface area contributed by atoms with Crippen molar-refractivity contribution in [3.05, 3.63) is 100 Å². The number of Topliss-reactive ketones (excluding diaryl/α,β-unsaturated/α-hetero) is 1. The lowest BCUT2D eigenvalue weighted by Crippen LogP contribution is -2.44. The predicted molar refractivity (Wildman–Crippen MR) is 181 cm³/mol. The number of nitrogens with zero attached hydrogens (tertiary/aromatic N) is 3. The van der Waals surface area contributed by atoms with E-state index in [1.807, 2.05) is 12.1 Å². The third-order valence-electron chi connectivity index (χ3n) is 7.96. The number of benzene rings is 3. The Kier molecular flexibility index (Phi) is 11.3. The Balaban J connectivity index is 1.17. The highest BCUT2D eigenvalue weighted by Gasteiger charge is 2.45. The van der Waals surface area contributed by atoms with Gasteiger partial charge in [-0.2, -0.15) is 28.1 Å². The quantitative estimate of drug-likeness (QED) is 0.0817. The molecular weight excluding hydrogens is 713 g/mol. The number of hydrogen-bond acceptors (Lipinski definition) is 9. The number of amides is 2. The zero-order chi connectivity index (χ0) is 37.7. The van der Waals surface area contributed by atoms with Crippen LogP contribution in [0.25, 0.3) is 0 Å². The maximum absolute atomic E-state index is 13.9. The first kappa shape index (κ1) is 37.9. The van der Waals surface area contributed by atoms with Gasteiger partial charge in [-0.1, -0.05) is 43.6 Å². The van der Waals surface area contributed by atoms with Crippen LogP contribution in [0.2, 0.25) is 5.02 Å². The molecule has 11 nitrogen and oxygen atoms in total. The molecule has 52 heavy (non-hydrogen) atoms. The van der Waals surface area contributed by atoms with Gasteiger partial charge in [0.2, 0.25) is 17.7 Å². The molecule has 0 radical (unpaired) electrons. The monoisotopic (exact) mass is 745 g/mol. The smallest absolute Gasteiger partial charge is 0.422 e. The van der Waals surface area contributed by atoms with E-state index in [1.54, 1.807) is 38.1 Å². The summed E-state index contributed by atoms with van der Waals surface area (Å²) >= 11 is 6.02. The van der Waals surface area contributed by atoms with Gasteiger partial charge in [-0.3, -0.25) is 14.4 Å². The summed E-state index contributed by atoms with van der Waals surface area (Å²) in [6, 6.07) is 15.4. The van der Waals surface area contributed by atoms with Gasteiger partial charge in [0, 0.05) is 41.9 Å². The summed E-state index contributed by atoms with van der Waals surface area (Å²) < 4.78 is 70.6. The lowest BCUT2D eigenvalue weighted by atomic mass is 9.93. The van der Waals surface area contributed by atoms with Crippen molar-refractivity contribution in [1.29, 1.82) is 0 Å². The maximum atomic E-state index is 13.9. The Bertz CT molecular complexity index is 1940. The number of anilines is 3. The van der Waals surface area contributed by atoms with E-state index in [-0.39, 0.29) is 36.1 Å². The molecule has 2 amide bonds. The van der Waals surface area contributed by atoms with E-state index >= 15 is 0 Å². The molecule has 0 saturated heterocycles. The number of ketones is 1. The van der Waals surface area contributed by atoms with Gasteiger partial charge in [0.05, 0.1) is 5.54 Å². The summed E-state index contributed by atoms with van der Waals surface area (Å²) in [5.41, 5.74) is 0.231. The fourth-order valence-electron chi connectivity index (χ4n) is 4.93. The van der Waals surface area contributed by atoms with Crippen molar-refractivity contribution in [2.75, 3.05) is 30.3 Å². The van der Waals surface area contributed by atoms with E-state index in [2.05, 4.69) is 36.2 Å². The number of rotatable bonds is 15. The Morgan fingerprint density at radius 1 is 0.865 bits per heavy atom. The van der Waals surface area contributed by atoms with Gasteiger partial charge in [-0.05, 0) is 71.8 Å². The second-order valence-corrected chi connectivity index (χ2v) is 13.4. The number of alkyl halides is 3. The number of hydrogen-bond donors (Lipinski definition) is 4. The van der Waals surface area contributed by atoms with E-state index in [1.165, 1.54) is 12.1 Å². The number of aromatic nitrogens is 3. The van der Waals surface area contributed by atoms with Crippen LogP contribution in [0.15, 0.2) is 66.7 Å². The van der Waals surface area contributed by atoms with Crippen molar-refractivity contribution in [3.8, 4) is 6.01 Å². The molecule has 4 N–H and O–H groups in total. The molecular formula is C35H33ClF5N7O4. The lowest BCUT2D eigenvalue weighted by molar-refractivity contribution is -0.154. The van der Waals surface area contributed by atoms with Gasteiger partial charge < -0.3 is 26.0 Å². The summed E-state index contributed by atoms with van der Waals surface area (Å²) in [5, 5.41) is 11.9. The molecule has 1 aliphatic rings. The number of halogens is 6. The van der Waals surface area contributed by atoms with Crippen molar-refractivity contribution in [2.24, 2.45) is 5.41 Å². The van der Waals surface area contributed by atoms with Crippen molar-refractivity contribution >= 4 is 46.8 Å². The molecule has 0 aliphatic heterocycles. The topological polar surface area (TPSA) is 147 Å². The summed E-state index contributed by atoms with van der Waals surface area (Å²) in [4.78, 5) is 49.8. The molecule has 1 saturated carbocycles. The first-order valence-corrected chi connectivity index (χ1v) is 16.3.